The summed E-state index contributed by atoms with van der Waals surface area (Å²) in [6.45, 7) is 1.76. The molecule has 0 aliphatic rings. The lowest BCUT2D eigenvalue weighted by Gasteiger charge is -2.09. The van der Waals surface area contributed by atoms with E-state index >= 15 is 0 Å². The van der Waals surface area contributed by atoms with E-state index in [1.165, 1.54) is 0 Å². The number of aromatic nitrogens is 3. The summed E-state index contributed by atoms with van der Waals surface area (Å²) in [5, 5.41) is 3.73. The molecule has 0 atom stereocenters. The average molecular weight is 338 g/mol. The van der Waals surface area contributed by atoms with Crippen LogP contribution in [0.1, 0.15) is 28.5 Å². The number of carbonyl (C=O) groups excluding carboxylic acids is 1. The molecule has 0 saturated carbocycles. The van der Waals surface area contributed by atoms with E-state index in [0.29, 0.717) is 24.6 Å². The predicted octanol–water partition coefficient (Wildman–Crippen LogP) is 3.97. The highest BCUT2D eigenvalue weighted by molar-refractivity contribution is 6.34. The van der Waals surface area contributed by atoms with E-state index in [1.54, 1.807) is 6.92 Å². The molecule has 0 aromatic carbocycles. The van der Waals surface area contributed by atoms with Crippen molar-refractivity contribution in [1.82, 2.24) is 14.8 Å². The normalized spacial score (nSPS) is 11.7. The minimum absolute atomic E-state index is 0.0454. The number of alkyl halides is 3. The van der Waals surface area contributed by atoms with Crippen molar-refractivity contribution < 1.29 is 18.0 Å². The zero-order chi connectivity index (χ0) is 15.8. The molecule has 112 valence electrons. The van der Waals surface area contributed by atoms with Crippen molar-refractivity contribution in [2.75, 3.05) is 0 Å². The van der Waals surface area contributed by atoms with E-state index in [2.05, 4.69) is 10.1 Å². The molecule has 0 saturated heterocycles. The van der Waals surface area contributed by atoms with Gasteiger partial charge in [-0.05, 0) is 12.5 Å². The van der Waals surface area contributed by atoms with Crippen molar-refractivity contribution in [2.24, 2.45) is 0 Å². The maximum absolute atomic E-state index is 12.6. The summed E-state index contributed by atoms with van der Waals surface area (Å²) < 4.78 is 38.7. The van der Waals surface area contributed by atoms with Crippen molar-refractivity contribution in [3.63, 3.8) is 0 Å². The molecule has 2 heterocycles. The summed E-state index contributed by atoms with van der Waals surface area (Å²) >= 11 is 11.8. The number of aryl methyl sites for hydroxylation is 1. The number of aldehydes is 1. The number of hydrogen-bond acceptors (Lipinski definition) is 3. The molecule has 2 aromatic rings. The second kappa shape index (κ2) is 5.65. The van der Waals surface area contributed by atoms with Gasteiger partial charge in [-0.2, -0.15) is 18.3 Å². The standard InChI is InChI=1S/C12H8Cl2F3N3O/c1-2-9-7(5-21)10(14)20(19-9)11-8(13)3-6(4-18-11)12(15,16)17/h3-5H,2H2,1H3. The van der Waals surface area contributed by atoms with Gasteiger partial charge in [0.25, 0.3) is 0 Å². The first-order chi connectivity index (χ1) is 9.79. The first kappa shape index (κ1) is 15.8. The molecule has 0 spiro atoms. The number of nitrogens with zero attached hydrogens (tertiary/aromatic N) is 3. The largest absolute Gasteiger partial charge is 0.417 e. The summed E-state index contributed by atoms with van der Waals surface area (Å²) in [4.78, 5) is 14.6. The van der Waals surface area contributed by atoms with E-state index in [4.69, 9.17) is 23.2 Å². The molecule has 0 fully saturated rings. The fourth-order valence-electron chi connectivity index (χ4n) is 1.71. The maximum Gasteiger partial charge on any atom is 0.417 e. The zero-order valence-corrected chi connectivity index (χ0v) is 12.1. The maximum atomic E-state index is 12.6. The second-order valence-corrected chi connectivity index (χ2v) is 4.83. The monoisotopic (exact) mass is 337 g/mol. The molecule has 0 amide bonds. The zero-order valence-electron chi connectivity index (χ0n) is 10.6. The van der Waals surface area contributed by atoms with E-state index in [9.17, 15) is 18.0 Å². The summed E-state index contributed by atoms with van der Waals surface area (Å²) in [7, 11) is 0. The molecule has 0 aliphatic carbocycles. The lowest BCUT2D eigenvalue weighted by molar-refractivity contribution is -0.137. The topological polar surface area (TPSA) is 47.8 Å². The van der Waals surface area contributed by atoms with E-state index in [-0.39, 0.29) is 21.6 Å². The predicted molar refractivity (Wildman–Crippen MR) is 71.1 cm³/mol. The van der Waals surface area contributed by atoms with E-state index in [0.717, 1.165) is 10.7 Å². The summed E-state index contributed by atoms with van der Waals surface area (Å²) in [6.07, 6.45) is -2.96. The van der Waals surface area contributed by atoms with Crippen LogP contribution in [-0.2, 0) is 12.6 Å². The van der Waals surface area contributed by atoms with Gasteiger partial charge in [-0.3, -0.25) is 4.79 Å². The number of pyridine rings is 1. The van der Waals surface area contributed by atoms with Gasteiger partial charge in [-0.25, -0.2) is 9.67 Å². The minimum Gasteiger partial charge on any atom is -0.298 e. The summed E-state index contributed by atoms with van der Waals surface area (Å²) in [5.41, 5.74) is -0.407. The molecule has 0 radical (unpaired) electrons. The summed E-state index contributed by atoms with van der Waals surface area (Å²) in [6, 6.07) is 0.730. The van der Waals surface area contributed by atoms with Gasteiger partial charge in [0.05, 0.1) is 21.8 Å². The van der Waals surface area contributed by atoms with Crippen LogP contribution in [0.4, 0.5) is 13.2 Å². The van der Waals surface area contributed by atoms with Crippen LogP contribution in [0.2, 0.25) is 10.2 Å². The van der Waals surface area contributed by atoms with Crippen molar-refractivity contribution >= 4 is 29.5 Å². The van der Waals surface area contributed by atoms with Crippen LogP contribution in [0, 0.1) is 0 Å². The third-order valence-corrected chi connectivity index (χ3v) is 3.38. The van der Waals surface area contributed by atoms with Crippen LogP contribution in [0.25, 0.3) is 5.82 Å². The first-order valence-corrected chi connectivity index (χ1v) is 6.50. The molecule has 21 heavy (non-hydrogen) atoms. The Morgan fingerprint density at radius 1 is 1.38 bits per heavy atom. The number of rotatable bonds is 3. The van der Waals surface area contributed by atoms with Gasteiger partial charge in [-0.1, -0.05) is 30.1 Å². The fraction of sp³-hybridized carbons (Fsp3) is 0.250. The van der Waals surface area contributed by atoms with Crippen molar-refractivity contribution in [3.8, 4) is 5.82 Å². The smallest absolute Gasteiger partial charge is 0.298 e. The lowest BCUT2D eigenvalue weighted by atomic mass is 10.2. The lowest BCUT2D eigenvalue weighted by Crippen LogP contribution is -2.08. The van der Waals surface area contributed by atoms with Crippen LogP contribution in [0.3, 0.4) is 0 Å². The molecular formula is C12H8Cl2F3N3O. The molecule has 0 N–H and O–H groups in total. The van der Waals surface area contributed by atoms with Gasteiger partial charge < -0.3 is 0 Å². The van der Waals surface area contributed by atoms with E-state index in [1.807, 2.05) is 0 Å². The molecule has 2 aromatic heterocycles. The van der Waals surface area contributed by atoms with Gasteiger partial charge in [-0.15, -0.1) is 0 Å². The third-order valence-electron chi connectivity index (χ3n) is 2.74. The quantitative estimate of drug-likeness (QED) is 0.796. The van der Waals surface area contributed by atoms with Gasteiger partial charge in [0, 0.05) is 6.20 Å². The number of halogens is 5. The fourth-order valence-corrected chi connectivity index (χ4v) is 2.23. The highest BCUT2D eigenvalue weighted by Gasteiger charge is 2.32. The Bertz CT molecular complexity index is 698. The average Bonchev–Trinajstić information content (AvgIpc) is 2.73. The summed E-state index contributed by atoms with van der Waals surface area (Å²) in [5.74, 6) is -0.0718. The molecule has 0 bridgehead atoms. The highest BCUT2D eigenvalue weighted by Crippen LogP contribution is 2.33. The number of carbonyl (C=O) groups is 1. The van der Waals surface area contributed by atoms with E-state index < -0.39 is 11.7 Å². The Balaban J connectivity index is 2.58. The van der Waals surface area contributed by atoms with Gasteiger partial charge >= 0.3 is 6.18 Å². The molecule has 4 nitrogen and oxygen atoms in total. The third kappa shape index (κ3) is 2.89. The van der Waals surface area contributed by atoms with Crippen LogP contribution in [0.5, 0.6) is 0 Å². The Hall–Kier alpha value is -1.60. The van der Waals surface area contributed by atoms with Gasteiger partial charge in [0.2, 0.25) is 0 Å². The van der Waals surface area contributed by atoms with Gasteiger partial charge in [0.15, 0.2) is 12.1 Å². The van der Waals surface area contributed by atoms with Gasteiger partial charge in [0.1, 0.15) is 5.15 Å². The molecule has 2 rings (SSSR count). The second-order valence-electron chi connectivity index (χ2n) is 4.06. The first-order valence-electron chi connectivity index (χ1n) is 5.75. The van der Waals surface area contributed by atoms with Crippen LogP contribution in [-0.4, -0.2) is 21.1 Å². The van der Waals surface area contributed by atoms with Crippen LogP contribution >= 0.6 is 23.2 Å². The highest BCUT2D eigenvalue weighted by atomic mass is 35.5. The minimum atomic E-state index is -4.55. The van der Waals surface area contributed by atoms with Crippen molar-refractivity contribution in [2.45, 2.75) is 19.5 Å². The van der Waals surface area contributed by atoms with Crippen LogP contribution < -0.4 is 0 Å². The Labute approximate surface area is 127 Å². The van der Waals surface area contributed by atoms with Crippen molar-refractivity contribution in [3.05, 3.63) is 39.3 Å². The number of hydrogen-bond donors (Lipinski definition) is 0. The molecule has 0 aliphatic heterocycles. The Morgan fingerprint density at radius 2 is 2.05 bits per heavy atom. The molecule has 9 heteroatoms. The SMILES string of the molecule is CCc1nn(-c2ncc(C(F)(F)F)cc2Cl)c(Cl)c1C=O. The molecular weight excluding hydrogens is 330 g/mol. The molecule has 0 unspecified atom stereocenters. The van der Waals surface area contributed by atoms with Crippen molar-refractivity contribution in [1.29, 1.82) is 0 Å². The Morgan fingerprint density at radius 3 is 2.48 bits per heavy atom. The van der Waals surface area contributed by atoms with Crippen LogP contribution in [0.15, 0.2) is 12.3 Å². The Kier molecular flexibility index (Phi) is 4.25.